The predicted octanol–water partition coefficient (Wildman–Crippen LogP) is 2.61. The van der Waals surface area contributed by atoms with E-state index in [1.807, 2.05) is 0 Å². The topological polar surface area (TPSA) is 74.0 Å². The number of carbonyl (C=O) groups is 1. The van der Waals surface area contributed by atoms with Gasteiger partial charge < -0.3 is 5.11 Å². The number of nitrogens with zero attached hydrogens (tertiary/aromatic N) is 2. The van der Waals surface area contributed by atoms with Gasteiger partial charge in [0.15, 0.2) is 11.4 Å². The van der Waals surface area contributed by atoms with Crippen LogP contribution in [0.5, 0.6) is 0 Å². The fourth-order valence-electron chi connectivity index (χ4n) is 1.17. The van der Waals surface area contributed by atoms with Gasteiger partial charge in [-0.2, -0.15) is 18.4 Å². The quantitative estimate of drug-likeness (QED) is 0.835. The number of rotatable bonds is 2. The first-order valence-electron chi connectivity index (χ1n) is 4.22. The minimum Gasteiger partial charge on any atom is -0.476 e. The molecule has 0 saturated heterocycles. The van der Waals surface area contributed by atoms with Crippen LogP contribution in [0.1, 0.15) is 33.7 Å². The summed E-state index contributed by atoms with van der Waals surface area (Å²) in [7, 11) is 0. The Morgan fingerprint density at radius 3 is 2.33 bits per heavy atom. The fourth-order valence-corrected chi connectivity index (χ4v) is 1.17. The summed E-state index contributed by atoms with van der Waals surface area (Å²) in [6, 6.07) is 1.39. The molecule has 1 rings (SSSR count). The van der Waals surface area contributed by atoms with E-state index in [2.05, 4.69) is 4.98 Å². The van der Waals surface area contributed by atoms with Crippen molar-refractivity contribution in [3.63, 3.8) is 0 Å². The zero-order chi connectivity index (χ0) is 14.1. The molecule has 0 amide bonds. The molecule has 0 unspecified atom stereocenters. The maximum atomic E-state index is 12.4. The molecule has 0 aliphatic rings. The van der Waals surface area contributed by atoms with Crippen molar-refractivity contribution < 1.29 is 31.9 Å². The molecule has 0 aliphatic heterocycles. The average Bonchev–Trinajstić information content (AvgIpc) is 2.25. The molecular formula is C9H3F5N2O2. The summed E-state index contributed by atoms with van der Waals surface area (Å²) in [6.45, 7) is 0. The first-order chi connectivity index (χ1) is 8.18. The highest BCUT2D eigenvalue weighted by molar-refractivity contribution is 5.88. The minimum atomic E-state index is -5.23. The molecule has 18 heavy (non-hydrogen) atoms. The second-order valence-corrected chi connectivity index (χ2v) is 3.04. The monoisotopic (exact) mass is 266 g/mol. The van der Waals surface area contributed by atoms with Crippen LogP contribution in [0.25, 0.3) is 0 Å². The van der Waals surface area contributed by atoms with E-state index >= 15 is 0 Å². The largest absolute Gasteiger partial charge is 0.476 e. The van der Waals surface area contributed by atoms with Crippen molar-refractivity contribution in [2.75, 3.05) is 0 Å². The van der Waals surface area contributed by atoms with E-state index in [4.69, 9.17) is 10.4 Å². The van der Waals surface area contributed by atoms with Gasteiger partial charge >= 0.3 is 12.1 Å². The summed E-state index contributed by atoms with van der Waals surface area (Å²) < 4.78 is 62.1. The van der Waals surface area contributed by atoms with Crippen LogP contribution in [-0.2, 0) is 6.18 Å². The lowest BCUT2D eigenvalue weighted by Gasteiger charge is -2.12. The van der Waals surface area contributed by atoms with E-state index in [9.17, 15) is 26.7 Å². The summed E-state index contributed by atoms with van der Waals surface area (Å²) in [5.41, 5.74) is -5.60. The van der Waals surface area contributed by atoms with Crippen LogP contribution in [0.15, 0.2) is 6.07 Å². The minimum absolute atomic E-state index is 0.184. The van der Waals surface area contributed by atoms with Gasteiger partial charge in [0.25, 0.3) is 6.43 Å². The van der Waals surface area contributed by atoms with Crippen molar-refractivity contribution in [1.29, 1.82) is 5.26 Å². The lowest BCUT2D eigenvalue weighted by Crippen LogP contribution is -2.17. The number of aromatic carboxylic acids is 1. The molecule has 0 bridgehead atoms. The predicted molar refractivity (Wildman–Crippen MR) is 45.9 cm³/mol. The van der Waals surface area contributed by atoms with Crippen molar-refractivity contribution >= 4 is 5.97 Å². The van der Waals surface area contributed by atoms with Gasteiger partial charge in [0.05, 0.1) is 5.56 Å². The van der Waals surface area contributed by atoms with Gasteiger partial charge in [0.2, 0.25) is 0 Å². The third kappa shape index (κ3) is 2.53. The number of carboxylic acids is 1. The number of pyridine rings is 1. The van der Waals surface area contributed by atoms with Crippen LogP contribution in [0, 0.1) is 11.3 Å². The number of nitriles is 1. The second-order valence-electron chi connectivity index (χ2n) is 3.04. The molecule has 0 fully saturated rings. The van der Waals surface area contributed by atoms with Crippen LogP contribution in [0.3, 0.4) is 0 Å². The Hall–Kier alpha value is -2.24. The summed E-state index contributed by atoms with van der Waals surface area (Å²) in [5.74, 6) is -1.90. The zero-order valence-corrected chi connectivity index (χ0v) is 8.29. The Bertz CT molecular complexity index is 533. The van der Waals surface area contributed by atoms with E-state index in [1.54, 1.807) is 0 Å². The number of hydrogen-bond donors (Lipinski definition) is 1. The van der Waals surface area contributed by atoms with Crippen molar-refractivity contribution in [3.8, 4) is 6.07 Å². The number of alkyl halides is 5. The summed E-state index contributed by atoms with van der Waals surface area (Å²) in [4.78, 5) is 13.2. The number of carboxylic acid groups (broad SMARTS) is 1. The summed E-state index contributed by atoms with van der Waals surface area (Å²) >= 11 is 0. The summed E-state index contributed by atoms with van der Waals surface area (Å²) in [5, 5.41) is 17.0. The van der Waals surface area contributed by atoms with Crippen LogP contribution in [0.4, 0.5) is 22.0 Å². The molecule has 1 aromatic heterocycles. The maximum Gasteiger partial charge on any atom is 0.433 e. The first-order valence-corrected chi connectivity index (χ1v) is 4.22. The van der Waals surface area contributed by atoms with Crippen molar-refractivity contribution in [2.45, 2.75) is 12.6 Å². The van der Waals surface area contributed by atoms with E-state index in [0.29, 0.717) is 0 Å². The van der Waals surface area contributed by atoms with Gasteiger partial charge in [-0.25, -0.2) is 18.6 Å². The number of halogens is 5. The van der Waals surface area contributed by atoms with Crippen LogP contribution < -0.4 is 0 Å². The van der Waals surface area contributed by atoms with Crippen molar-refractivity contribution in [3.05, 3.63) is 28.6 Å². The Labute approximate surface area is 96.3 Å². The lowest BCUT2D eigenvalue weighted by molar-refractivity contribution is -0.143. The summed E-state index contributed by atoms with van der Waals surface area (Å²) in [6.07, 6.45) is -8.76. The molecule has 0 saturated carbocycles. The molecule has 1 aromatic rings. The van der Waals surface area contributed by atoms with E-state index in [0.717, 1.165) is 0 Å². The molecule has 0 atom stereocenters. The highest BCUT2D eigenvalue weighted by atomic mass is 19.4. The molecule has 96 valence electrons. The van der Waals surface area contributed by atoms with Crippen LogP contribution >= 0.6 is 0 Å². The highest BCUT2D eigenvalue weighted by Crippen LogP contribution is 2.35. The Kier molecular flexibility index (Phi) is 3.50. The Morgan fingerprint density at radius 1 is 1.44 bits per heavy atom. The first kappa shape index (κ1) is 13.8. The Balaban J connectivity index is 3.65. The van der Waals surface area contributed by atoms with Gasteiger partial charge in [-0.1, -0.05) is 0 Å². The van der Waals surface area contributed by atoms with Crippen molar-refractivity contribution in [2.24, 2.45) is 0 Å². The van der Waals surface area contributed by atoms with Crippen LogP contribution in [-0.4, -0.2) is 16.1 Å². The maximum absolute atomic E-state index is 12.4. The fraction of sp³-hybridized carbons (Fsp3) is 0.222. The van der Waals surface area contributed by atoms with Gasteiger partial charge in [-0.05, 0) is 6.07 Å². The highest BCUT2D eigenvalue weighted by Gasteiger charge is 2.39. The second kappa shape index (κ2) is 4.56. The number of aromatic nitrogens is 1. The van der Waals surface area contributed by atoms with E-state index in [-0.39, 0.29) is 6.07 Å². The van der Waals surface area contributed by atoms with Gasteiger partial charge in [-0.15, -0.1) is 0 Å². The molecular weight excluding hydrogens is 263 g/mol. The van der Waals surface area contributed by atoms with Gasteiger partial charge in [0, 0.05) is 5.56 Å². The molecule has 0 radical (unpaired) electrons. The van der Waals surface area contributed by atoms with E-state index < -0.39 is 41.1 Å². The standard InChI is InChI=1S/C9H3F5N2O2/c10-7(11)4-1-3(2-15)5(8(17)18)16-6(4)9(12,13)14/h1,7H,(H,17,18). The SMILES string of the molecule is N#Cc1cc(C(F)F)c(C(F)(F)F)nc1C(=O)O. The van der Waals surface area contributed by atoms with E-state index in [1.165, 1.54) is 6.07 Å². The molecule has 0 spiro atoms. The van der Waals surface area contributed by atoms with Crippen LogP contribution in [0.2, 0.25) is 0 Å². The third-order valence-corrected chi connectivity index (χ3v) is 1.88. The lowest BCUT2D eigenvalue weighted by atomic mass is 10.1. The molecule has 1 N–H and O–H groups in total. The molecule has 9 heteroatoms. The molecule has 1 heterocycles. The van der Waals surface area contributed by atoms with Crippen molar-refractivity contribution in [1.82, 2.24) is 4.98 Å². The smallest absolute Gasteiger partial charge is 0.433 e. The third-order valence-electron chi connectivity index (χ3n) is 1.88. The molecule has 0 aromatic carbocycles. The zero-order valence-electron chi connectivity index (χ0n) is 8.29. The Morgan fingerprint density at radius 2 is 2.00 bits per heavy atom. The van der Waals surface area contributed by atoms with Gasteiger partial charge in [-0.3, -0.25) is 0 Å². The number of hydrogen-bond acceptors (Lipinski definition) is 3. The van der Waals surface area contributed by atoms with Gasteiger partial charge in [0.1, 0.15) is 6.07 Å². The average molecular weight is 266 g/mol. The normalized spacial score (nSPS) is 11.4. The molecule has 0 aliphatic carbocycles. The molecule has 4 nitrogen and oxygen atoms in total.